The standard InChI is InChI=1S/C17H24N2O3/c1-11(2)22-14-8-6-5-7-13(14)19-16(21)17(3,4)15(20)18-12-9-10-12/h5-8,11-12H,9-10H2,1-4H3,(H,18,20)(H,19,21). The summed E-state index contributed by atoms with van der Waals surface area (Å²) in [6.45, 7) is 7.11. The number of hydrogen-bond donors (Lipinski definition) is 2. The monoisotopic (exact) mass is 304 g/mol. The molecule has 5 heteroatoms. The first-order valence-electron chi connectivity index (χ1n) is 7.69. The molecule has 0 aromatic heterocycles. The largest absolute Gasteiger partial charge is 0.489 e. The molecule has 1 aromatic rings. The molecule has 2 N–H and O–H groups in total. The van der Waals surface area contributed by atoms with E-state index in [-0.39, 0.29) is 24.0 Å². The molecule has 0 radical (unpaired) electrons. The first-order chi connectivity index (χ1) is 10.3. The highest BCUT2D eigenvalue weighted by Gasteiger charge is 2.39. The van der Waals surface area contributed by atoms with Crippen LogP contribution < -0.4 is 15.4 Å². The number of rotatable bonds is 6. The Hall–Kier alpha value is -2.04. The average Bonchev–Trinajstić information content (AvgIpc) is 3.24. The van der Waals surface area contributed by atoms with Gasteiger partial charge in [0.2, 0.25) is 11.8 Å². The van der Waals surface area contributed by atoms with Gasteiger partial charge in [0.15, 0.2) is 0 Å². The average molecular weight is 304 g/mol. The van der Waals surface area contributed by atoms with Gasteiger partial charge in [0, 0.05) is 6.04 Å². The molecule has 0 bridgehead atoms. The first-order valence-corrected chi connectivity index (χ1v) is 7.69. The van der Waals surface area contributed by atoms with Crippen molar-refractivity contribution in [2.24, 2.45) is 5.41 Å². The van der Waals surface area contributed by atoms with Gasteiger partial charge in [-0.3, -0.25) is 9.59 Å². The van der Waals surface area contributed by atoms with Gasteiger partial charge in [0.1, 0.15) is 11.2 Å². The lowest BCUT2D eigenvalue weighted by atomic mass is 9.91. The van der Waals surface area contributed by atoms with E-state index < -0.39 is 5.41 Å². The molecule has 1 aliphatic rings. The van der Waals surface area contributed by atoms with Crippen molar-refractivity contribution in [3.63, 3.8) is 0 Å². The minimum absolute atomic E-state index is 0.00391. The van der Waals surface area contributed by atoms with Gasteiger partial charge in [-0.15, -0.1) is 0 Å². The molecule has 120 valence electrons. The van der Waals surface area contributed by atoms with Crippen LogP contribution in [0.15, 0.2) is 24.3 Å². The van der Waals surface area contributed by atoms with Crippen molar-refractivity contribution in [3.8, 4) is 5.75 Å². The number of carbonyl (C=O) groups excluding carboxylic acids is 2. The Labute approximate surface area is 131 Å². The summed E-state index contributed by atoms with van der Waals surface area (Å²) in [6.07, 6.45) is 1.99. The van der Waals surface area contributed by atoms with Gasteiger partial charge < -0.3 is 15.4 Å². The van der Waals surface area contributed by atoms with Crippen LogP contribution in [-0.4, -0.2) is 24.0 Å². The fourth-order valence-corrected chi connectivity index (χ4v) is 1.90. The summed E-state index contributed by atoms with van der Waals surface area (Å²) < 4.78 is 5.68. The Morgan fingerprint density at radius 3 is 2.41 bits per heavy atom. The summed E-state index contributed by atoms with van der Waals surface area (Å²) in [6, 6.07) is 7.46. The molecule has 0 aliphatic heterocycles. The van der Waals surface area contributed by atoms with Gasteiger partial charge in [0.05, 0.1) is 11.8 Å². The summed E-state index contributed by atoms with van der Waals surface area (Å²) in [5.41, 5.74) is -0.554. The van der Waals surface area contributed by atoms with Crippen molar-refractivity contribution in [2.45, 2.75) is 52.7 Å². The zero-order valence-electron chi connectivity index (χ0n) is 13.6. The van der Waals surface area contributed by atoms with Crippen LogP contribution >= 0.6 is 0 Å². The maximum Gasteiger partial charge on any atom is 0.239 e. The molecule has 2 rings (SSSR count). The first kappa shape index (κ1) is 16.3. The Morgan fingerprint density at radius 1 is 1.18 bits per heavy atom. The van der Waals surface area contributed by atoms with Crippen molar-refractivity contribution in [1.29, 1.82) is 0 Å². The lowest BCUT2D eigenvalue weighted by molar-refractivity contribution is -0.138. The fourth-order valence-electron chi connectivity index (χ4n) is 1.90. The summed E-state index contributed by atoms with van der Waals surface area (Å²) in [5, 5.41) is 5.68. The molecular formula is C17H24N2O3. The summed E-state index contributed by atoms with van der Waals surface area (Å²) in [4.78, 5) is 24.7. The third-order valence-corrected chi connectivity index (χ3v) is 3.55. The third-order valence-electron chi connectivity index (χ3n) is 3.55. The number of anilines is 1. The SMILES string of the molecule is CC(C)Oc1ccccc1NC(=O)C(C)(C)C(=O)NC1CC1. The molecular weight excluding hydrogens is 280 g/mol. The summed E-state index contributed by atoms with van der Waals surface area (Å²) >= 11 is 0. The molecule has 1 aromatic carbocycles. The third kappa shape index (κ3) is 4.00. The Kier molecular flexibility index (Phi) is 4.74. The maximum absolute atomic E-state index is 12.5. The Balaban J connectivity index is 2.08. The number of hydrogen-bond acceptors (Lipinski definition) is 3. The van der Waals surface area contributed by atoms with Gasteiger partial charge in [0.25, 0.3) is 0 Å². The minimum atomic E-state index is -1.13. The predicted octanol–water partition coefficient (Wildman–Crippen LogP) is 2.72. The molecule has 1 aliphatic carbocycles. The number of nitrogens with one attached hydrogen (secondary N) is 2. The van der Waals surface area contributed by atoms with Gasteiger partial charge in [-0.05, 0) is 52.7 Å². The number of benzene rings is 1. The highest BCUT2D eigenvalue weighted by atomic mass is 16.5. The van der Waals surface area contributed by atoms with Gasteiger partial charge >= 0.3 is 0 Å². The number of carbonyl (C=O) groups is 2. The maximum atomic E-state index is 12.5. The normalized spacial score (nSPS) is 14.6. The quantitative estimate of drug-likeness (QED) is 0.794. The van der Waals surface area contributed by atoms with Gasteiger partial charge in [-0.2, -0.15) is 0 Å². The molecule has 1 fully saturated rings. The summed E-state index contributed by atoms with van der Waals surface area (Å²) in [7, 11) is 0. The van der Waals surface area contributed by atoms with E-state index in [1.807, 2.05) is 26.0 Å². The van der Waals surface area contributed by atoms with Crippen molar-refractivity contribution >= 4 is 17.5 Å². The van der Waals surface area contributed by atoms with Crippen molar-refractivity contribution < 1.29 is 14.3 Å². The second kappa shape index (κ2) is 6.38. The van der Waals surface area contributed by atoms with E-state index in [9.17, 15) is 9.59 Å². The van der Waals surface area contributed by atoms with Crippen molar-refractivity contribution in [1.82, 2.24) is 5.32 Å². The Bertz CT molecular complexity index is 563. The van der Waals surface area contributed by atoms with Crippen molar-refractivity contribution in [2.75, 3.05) is 5.32 Å². The molecule has 22 heavy (non-hydrogen) atoms. The van der Waals surface area contributed by atoms with E-state index in [0.29, 0.717) is 11.4 Å². The fraction of sp³-hybridized carbons (Fsp3) is 0.529. The molecule has 5 nitrogen and oxygen atoms in total. The van der Waals surface area contributed by atoms with Crippen LogP contribution in [0.25, 0.3) is 0 Å². The molecule has 0 atom stereocenters. The summed E-state index contributed by atoms with van der Waals surface area (Å²) in [5.74, 6) is 0.0180. The molecule has 1 saturated carbocycles. The molecule has 0 saturated heterocycles. The second-order valence-electron chi connectivity index (χ2n) is 6.49. The minimum Gasteiger partial charge on any atom is -0.489 e. The lowest BCUT2D eigenvalue weighted by Gasteiger charge is -2.23. The second-order valence-corrected chi connectivity index (χ2v) is 6.49. The van der Waals surface area contributed by atoms with E-state index in [0.717, 1.165) is 12.8 Å². The van der Waals surface area contributed by atoms with Crippen LogP contribution in [0.4, 0.5) is 5.69 Å². The van der Waals surface area contributed by atoms with Crippen LogP contribution in [0.1, 0.15) is 40.5 Å². The smallest absolute Gasteiger partial charge is 0.239 e. The van der Waals surface area contributed by atoms with Crippen LogP contribution in [0.5, 0.6) is 5.75 Å². The van der Waals surface area contributed by atoms with Gasteiger partial charge in [-0.1, -0.05) is 12.1 Å². The zero-order chi connectivity index (χ0) is 16.3. The molecule has 0 heterocycles. The van der Waals surface area contributed by atoms with E-state index in [4.69, 9.17) is 4.74 Å². The topological polar surface area (TPSA) is 67.4 Å². The lowest BCUT2D eigenvalue weighted by Crippen LogP contribution is -2.45. The molecule has 2 amide bonds. The number of ether oxygens (including phenoxy) is 1. The van der Waals surface area contributed by atoms with Crippen LogP contribution in [0.3, 0.4) is 0 Å². The molecule has 0 spiro atoms. The van der Waals surface area contributed by atoms with E-state index in [2.05, 4.69) is 10.6 Å². The number of para-hydroxylation sites is 2. The van der Waals surface area contributed by atoms with Crippen LogP contribution in [0.2, 0.25) is 0 Å². The highest BCUT2D eigenvalue weighted by molar-refractivity contribution is 6.10. The van der Waals surface area contributed by atoms with Crippen molar-refractivity contribution in [3.05, 3.63) is 24.3 Å². The van der Waals surface area contributed by atoms with E-state index in [1.54, 1.807) is 26.0 Å². The van der Waals surface area contributed by atoms with Crippen LogP contribution in [0, 0.1) is 5.41 Å². The number of amides is 2. The Morgan fingerprint density at radius 2 is 1.82 bits per heavy atom. The van der Waals surface area contributed by atoms with E-state index >= 15 is 0 Å². The zero-order valence-corrected chi connectivity index (χ0v) is 13.6. The highest BCUT2D eigenvalue weighted by Crippen LogP contribution is 2.28. The van der Waals surface area contributed by atoms with Gasteiger partial charge in [-0.25, -0.2) is 0 Å². The molecule has 0 unspecified atom stereocenters. The van der Waals surface area contributed by atoms with E-state index in [1.165, 1.54) is 0 Å². The predicted molar refractivity (Wildman–Crippen MR) is 85.8 cm³/mol. The van der Waals surface area contributed by atoms with Crippen LogP contribution in [-0.2, 0) is 9.59 Å².